The van der Waals surface area contributed by atoms with Crippen molar-refractivity contribution >= 4 is 40.0 Å². The van der Waals surface area contributed by atoms with Gasteiger partial charge in [0.25, 0.3) is 0 Å². The Bertz CT molecular complexity index is 1670. The van der Waals surface area contributed by atoms with Gasteiger partial charge in [0, 0.05) is 48.9 Å². The van der Waals surface area contributed by atoms with Crippen molar-refractivity contribution < 1.29 is 23.8 Å². The summed E-state index contributed by atoms with van der Waals surface area (Å²) in [7, 11) is 3.72. The third-order valence-corrected chi connectivity index (χ3v) is 7.78. The number of likely N-dealkylation sites (tertiary alicyclic amines) is 1. The number of hydrogen-bond acceptors (Lipinski definition) is 8. The number of piperidine rings is 1. The van der Waals surface area contributed by atoms with E-state index in [0.717, 1.165) is 31.6 Å². The number of ether oxygens (including phenoxy) is 3. The van der Waals surface area contributed by atoms with Crippen molar-refractivity contribution in [2.75, 3.05) is 56.4 Å². The highest BCUT2D eigenvalue weighted by Crippen LogP contribution is 2.36. The molecule has 0 bridgehead atoms. The summed E-state index contributed by atoms with van der Waals surface area (Å²) < 4.78 is 19.1. The van der Waals surface area contributed by atoms with Gasteiger partial charge < -0.3 is 29.7 Å². The Morgan fingerprint density at radius 3 is 2.37 bits per heavy atom. The zero-order chi connectivity index (χ0) is 32.8. The highest BCUT2D eigenvalue weighted by Gasteiger charge is 2.26. The van der Waals surface area contributed by atoms with Crippen LogP contribution in [-0.4, -0.2) is 72.1 Å². The van der Waals surface area contributed by atoms with Crippen LogP contribution in [0.4, 0.5) is 22.0 Å². The summed E-state index contributed by atoms with van der Waals surface area (Å²) in [5.74, 6) is 2.07. The molecule has 2 aromatic heterocycles. The summed E-state index contributed by atoms with van der Waals surface area (Å²) >= 11 is 0. The van der Waals surface area contributed by atoms with Crippen LogP contribution in [0, 0.1) is 0 Å². The lowest BCUT2D eigenvalue weighted by atomic mass is 9.92. The predicted octanol–water partition coefficient (Wildman–Crippen LogP) is 6.42. The van der Waals surface area contributed by atoms with Gasteiger partial charge in [0.05, 0.1) is 29.5 Å². The molecular weight excluding hydrogens is 586 g/mol. The van der Waals surface area contributed by atoms with E-state index in [0.29, 0.717) is 58.6 Å². The Kier molecular flexibility index (Phi) is 10.1. The Morgan fingerprint density at radius 2 is 1.70 bits per heavy atom. The fraction of sp³-hybridized carbons (Fsp3) is 0.412. The van der Waals surface area contributed by atoms with Crippen LogP contribution in [-0.2, 0) is 14.9 Å². The molecule has 5 rings (SSSR count). The fourth-order valence-electron chi connectivity index (χ4n) is 5.26. The first-order valence-electron chi connectivity index (χ1n) is 15.5. The number of nitrogens with one attached hydrogen (secondary N) is 3. The van der Waals surface area contributed by atoms with E-state index < -0.39 is 0 Å². The molecule has 1 aliphatic heterocycles. The molecule has 3 amide bonds. The summed E-state index contributed by atoms with van der Waals surface area (Å²) in [5, 5.41) is 14.4. The minimum Gasteiger partial charge on any atom is -0.489 e. The molecule has 0 aliphatic carbocycles. The SMILES string of the molecule is COCCOc1cc2nccc(Oc3ccc(NC(=O)Nc4cc(C(C)(C)C)nn4C4CCN(C)CC4)cc3)c2cc1NC(C)=O. The van der Waals surface area contributed by atoms with Crippen molar-refractivity contribution in [3.05, 3.63) is 60.4 Å². The molecule has 3 heterocycles. The van der Waals surface area contributed by atoms with Crippen molar-refractivity contribution in [2.45, 2.75) is 52.0 Å². The Hall–Kier alpha value is -4.68. The van der Waals surface area contributed by atoms with Crippen LogP contribution < -0.4 is 25.4 Å². The number of methoxy groups -OCH3 is 1. The smallest absolute Gasteiger partial charge is 0.324 e. The second kappa shape index (κ2) is 14.2. The predicted molar refractivity (Wildman–Crippen MR) is 179 cm³/mol. The molecule has 0 spiro atoms. The van der Waals surface area contributed by atoms with E-state index in [-0.39, 0.29) is 23.4 Å². The van der Waals surface area contributed by atoms with E-state index in [1.165, 1.54) is 6.92 Å². The molecule has 46 heavy (non-hydrogen) atoms. The summed E-state index contributed by atoms with van der Waals surface area (Å²) in [4.78, 5) is 31.8. The molecule has 12 heteroatoms. The molecule has 1 fully saturated rings. The highest BCUT2D eigenvalue weighted by molar-refractivity contribution is 5.99. The Labute approximate surface area is 269 Å². The highest BCUT2D eigenvalue weighted by atomic mass is 16.5. The van der Waals surface area contributed by atoms with Gasteiger partial charge >= 0.3 is 6.03 Å². The lowest BCUT2D eigenvalue weighted by molar-refractivity contribution is -0.114. The summed E-state index contributed by atoms with van der Waals surface area (Å²) in [6.45, 7) is 10.5. The maximum Gasteiger partial charge on any atom is 0.324 e. The van der Waals surface area contributed by atoms with Gasteiger partial charge in [0.1, 0.15) is 29.7 Å². The van der Waals surface area contributed by atoms with Crippen LogP contribution in [0.1, 0.15) is 52.3 Å². The van der Waals surface area contributed by atoms with Gasteiger partial charge in [-0.25, -0.2) is 9.48 Å². The average Bonchev–Trinajstić information content (AvgIpc) is 3.43. The number of anilines is 3. The third-order valence-electron chi connectivity index (χ3n) is 7.78. The number of amides is 3. The number of benzene rings is 2. The molecule has 0 saturated carbocycles. The fourth-order valence-corrected chi connectivity index (χ4v) is 5.26. The number of pyridine rings is 1. The first-order valence-corrected chi connectivity index (χ1v) is 15.5. The number of fused-ring (bicyclic) bond motifs is 1. The lowest BCUT2D eigenvalue weighted by Gasteiger charge is -2.30. The van der Waals surface area contributed by atoms with Crippen molar-refractivity contribution in [1.29, 1.82) is 0 Å². The molecule has 2 aromatic carbocycles. The Balaban J connectivity index is 1.29. The molecule has 0 atom stereocenters. The van der Waals surface area contributed by atoms with Gasteiger partial charge in [-0.15, -0.1) is 0 Å². The van der Waals surface area contributed by atoms with Gasteiger partial charge in [-0.1, -0.05) is 20.8 Å². The van der Waals surface area contributed by atoms with Crippen LogP contribution in [0.3, 0.4) is 0 Å². The molecule has 1 aliphatic rings. The largest absolute Gasteiger partial charge is 0.489 e. The van der Waals surface area contributed by atoms with Gasteiger partial charge in [0.2, 0.25) is 5.91 Å². The number of urea groups is 1. The van der Waals surface area contributed by atoms with Crippen molar-refractivity contribution in [3.63, 3.8) is 0 Å². The summed E-state index contributed by atoms with van der Waals surface area (Å²) in [6, 6.07) is 14.3. The number of nitrogens with zero attached hydrogens (tertiary/aromatic N) is 4. The van der Waals surface area contributed by atoms with E-state index in [1.807, 2.05) is 10.7 Å². The van der Waals surface area contributed by atoms with Gasteiger partial charge in [0.15, 0.2) is 0 Å². The quantitative estimate of drug-likeness (QED) is 0.171. The molecule has 12 nitrogen and oxygen atoms in total. The van der Waals surface area contributed by atoms with Crippen molar-refractivity contribution in [3.8, 4) is 17.2 Å². The van der Waals surface area contributed by atoms with Crippen LogP contribution in [0.15, 0.2) is 54.7 Å². The van der Waals surface area contributed by atoms with Gasteiger partial charge in [-0.3, -0.25) is 15.1 Å². The Morgan fingerprint density at radius 1 is 0.957 bits per heavy atom. The third kappa shape index (κ3) is 8.12. The number of hydrogen-bond donors (Lipinski definition) is 3. The molecule has 4 aromatic rings. The maximum atomic E-state index is 13.1. The second-order valence-corrected chi connectivity index (χ2v) is 12.5. The zero-order valence-corrected chi connectivity index (χ0v) is 27.3. The molecule has 3 N–H and O–H groups in total. The first-order chi connectivity index (χ1) is 22.0. The number of carbonyl (C=O) groups is 2. The monoisotopic (exact) mass is 629 g/mol. The van der Waals surface area contributed by atoms with Crippen LogP contribution in [0.25, 0.3) is 10.9 Å². The van der Waals surface area contributed by atoms with Crippen LogP contribution in [0.2, 0.25) is 0 Å². The van der Waals surface area contributed by atoms with Gasteiger partial charge in [-0.2, -0.15) is 5.10 Å². The second-order valence-electron chi connectivity index (χ2n) is 12.5. The minimum absolute atomic E-state index is 0.148. The van der Waals surface area contributed by atoms with E-state index in [4.69, 9.17) is 19.3 Å². The van der Waals surface area contributed by atoms with Crippen molar-refractivity contribution in [2.24, 2.45) is 0 Å². The standard InChI is InChI=1S/C34H43N7O5/c1-22(42)36-28-19-26-27(20-30(28)45-18-17-44-6)35-14-11-29(26)46-25-9-7-23(8-10-25)37-33(43)38-32-21-31(34(2,3)4)39-41(32)24-12-15-40(5)16-13-24/h7-11,14,19-21,24H,12-13,15-18H2,1-6H3,(H,36,42)(H2,37,38,43). The average molecular weight is 630 g/mol. The molecule has 1 saturated heterocycles. The van der Waals surface area contributed by atoms with E-state index in [1.54, 1.807) is 55.8 Å². The van der Waals surface area contributed by atoms with Crippen LogP contribution in [0.5, 0.6) is 17.2 Å². The van der Waals surface area contributed by atoms with E-state index in [2.05, 4.69) is 53.7 Å². The molecule has 0 radical (unpaired) electrons. The maximum absolute atomic E-state index is 13.1. The summed E-state index contributed by atoms with van der Waals surface area (Å²) in [6.07, 6.45) is 3.60. The number of carbonyl (C=O) groups excluding carboxylic acids is 2. The van der Waals surface area contributed by atoms with Crippen LogP contribution >= 0.6 is 0 Å². The lowest BCUT2D eigenvalue weighted by Crippen LogP contribution is -2.33. The molecule has 0 unspecified atom stereocenters. The minimum atomic E-state index is -0.350. The number of aromatic nitrogens is 3. The van der Waals surface area contributed by atoms with E-state index in [9.17, 15) is 9.59 Å². The molecule has 244 valence electrons. The summed E-state index contributed by atoms with van der Waals surface area (Å²) in [5.41, 5.74) is 2.54. The van der Waals surface area contributed by atoms with Gasteiger partial charge in [-0.05, 0) is 69.4 Å². The van der Waals surface area contributed by atoms with Crippen molar-refractivity contribution in [1.82, 2.24) is 19.7 Å². The first kappa shape index (κ1) is 32.7. The normalized spacial score (nSPS) is 14.2. The molecular formula is C34H43N7O5. The van der Waals surface area contributed by atoms with E-state index >= 15 is 0 Å². The zero-order valence-electron chi connectivity index (χ0n) is 27.3. The number of rotatable bonds is 10. The topological polar surface area (TPSA) is 132 Å².